The van der Waals surface area contributed by atoms with E-state index in [1.165, 1.54) is 24.3 Å². The molecule has 0 atom stereocenters. The average Bonchev–Trinajstić information content (AvgIpc) is 3.00. The molecule has 0 aromatic heterocycles. The lowest BCUT2D eigenvalue weighted by molar-refractivity contribution is -0.384. The second kappa shape index (κ2) is 7.91. The van der Waals surface area contributed by atoms with Crippen molar-refractivity contribution in [3.63, 3.8) is 0 Å². The van der Waals surface area contributed by atoms with Gasteiger partial charge in [0.15, 0.2) is 0 Å². The molecule has 4 rings (SSSR count). The Balaban J connectivity index is 1.79. The van der Waals surface area contributed by atoms with Crippen molar-refractivity contribution in [1.82, 2.24) is 4.90 Å². The Labute approximate surface area is 178 Å². The maximum atomic E-state index is 13.4. The summed E-state index contributed by atoms with van der Waals surface area (Å²) in [5, 5.41) is 11.5. The standard InChI is InChI=1S/C22H20ClN3O4/c1-14-10-12-24(13-11-14)20-19(15-2-6-18(7-3-15)26(29)30)21(27)25(22(20)28)17-8-4-16(23)5-9-17/h2-9,14H,10-13H2,1H3. The Morgan fingerprint density at radius 3 is 2.13 bits per heavy atom. The highest BCUT2D eigenvalue weighted by molar-refractivity contribution is 6.45. The summed E-state index contributed by atoms with van der Waals surface area (Å²) >= 11 is 5.96. The fraction of sp³-hybridized carbons (Fsp3) is 0.273. The minimum absolute atomic E-state index is 0.0703. The highest BCUT2D eigenvalue weighted by Gasteiger charge is 2.43. The minimum atomic E-state index is -0.493. The number of likely N-dealkylation sites (tertiary alicyclic amines) is 1. The predicted octanol–water partition coefficient (Wildman–Crippen LogP) is 4.26. The molecule has 2 heterocycles. The van der Waals surface area contributed by atoms with E-state index in [9.17, 15) is 19.7 Å². The van der Waals surface area contributed by atoms with Crippen molar-refractivity contribution in [2.75, 3.05) is 18.0 Å². The third-order valence-corrected chi connectivity index (χ3v) is 5.86. The third kappa shape index (κ3) is 3.57. The van der Waals surface area contributed by atoms with Gasteiger partial charge in [-0.05, 0) is 60.7 Å². The number of nitro groups is 1. The van der Waals surface area contributed by atoms with Gasteiger partial charge < -0.3 is 4.90 Å². The van der Waals surface area contributed by atoms with Crippen LogP contribution in [0, 0.1) is 16.0 Å². The van der Waals surface area contributed by atoms with Crippen LogP contribution in [0.2, 0.25) is 5.02 Å². The Morgan fingerprint density at radius 1 is 0.967 bits per heavy atom. The van der Waals surface area contributed by atoms with Crippen molar-refractivity contribution in [2.45, 2.75) is 19.8 Å². The van der Waals surface area contributed by atoms with Crippen LogP contribution in [0.25, 0.3) is 5.57 Å². The summed E-state index contributed by atoms with van der Waals surface area (Å²) in [4.78, 5) is 40.4. The van der Waals surface area contributed by atoms with E-state index in [1.54, 1.807) is 24.3 Å². The van der Waals surface area contributed by atoms with E-state index >= 15 is 0 Å². The molecule has 0 saturated carbocycles. The van der Waals surface area contributed by atoms with Gasteiger partial charge in [-0.3, -0.25) is 19.7 Å². The number of rotatable bonds is 4. The molecule has 0 unspecified atom stereocenters. The van der Waals surface area contributed by atoms with Crippen LogP contribution in [-0.4, -0.2) is 34.7 Å². The van der Waals surface area contributed by atoms with Crippen LogP contribution >= 0.6 is 11.6 Å². The van der Waals surface area contributed by atoms with Gasteiger partial charge in [-0.2, -0.15) is 0 Å². The number of carbonyl (C=O) groups excluding carboxylic acids is 2. The number of halogens is 1. The Bertz CT molecular complexity index is 1040. The lowest BCUT2D eigenvalue weighted by Crippen LogP contribution is -2.38. The Morgan fingerprint density at radius 2 is 1.57 bits per heavy atom. The van der Waals surface area contributed by atoms with Gasteiger partial charge in [-0.1, -0.05) is 18.5 Å². The molecular weight excluding hydrogens is 406 g/mol. The van der Waals surface area contributed by atoms with E-state index in [2.05, 4.69) is 6.92 Å². The maximum Gasteiger partial charge on any atom is 0.282 e. The number of nitrogens with zero attached hydrogens (tertiary/aromatic N) is 3. The summed E-state index contributed by atoms with van der Waals surface area (Å²) in [6.45, 7) is 3.53. The first-order valence-corrected chi connectivity index (χ1v) is 10.1. The van der Waals surface area contributed by atoms with E-state index in [4.69, 9.17) is 11.6 Å². The molecule has 0 radical (unpaired) electrons. The number of nitro benzene ring substituents is 1. The van der Waals surface area contributed by atoms with Crippen molar-refractivity contribution in [1.29, 1.82) is 0 Å². The SMILES string of the molecule is CC1CCN(C2=C(c3ccc([N+](=O)[O-])cc3)C(=O)N(c3ccc(Cl)cc3)C2=O)CC1. The number of non-ortho nitro benzene ring substituents is 1. The highest BCUT2D eigenvalue weighted by atomic mass is 35.5. The minimum Gasteiger partial charge on any atom is -0.366 e. The molecule has 30 heavy (non-hydrogen) atoms. The summed E-state index contributed by atoms with van der Waals surface area (Å²) in [6.07, 6.45) is 1.86. The third-order valence-electron chi connectivity index (χ3n) is 5.61. The summed E-state index contributed by atoms with van der Waals surface area (Å²) in [7, 11) is 0. The van der Waals surface area contributed by atoms with Gasteiger partial charge in [0.2, 0.25) is 0 Å². The van der Waals surface area contributed by atoms with E-state index in [1.807, 2.05) is 4.90 Å². The second-order valence-corrected chi connectivity index (χ2v) is 8.06. The fourth-order valence-electron chi connectivity index (χ4n) is 3.88. The molecule has 0 aliphatic carbocycles. The molecule has 1 saturated heterocycles. The number of anilines is 1. The topological polar surface area (TPSA) is 83.8 Å². The molecule has 2 amide bonds. The molecule has 1 fully saturated rings. The number of hydrogen-bond donors (Lipinski definition) is 0. The molecule has 0 bridgehead atoms. The maximum absolute atomic E-state index is 13.4. The average molecular weight is 426 g/mol. The van der Waals surface area contributed by atoms with Gasteiger partial charge >= 0.3 is 0 Å². The quantitative estimate of drug-likeness (QED) is 0.415. The number of amides is 2. The van der Waals surface area contributed by atoms with Crippen LogP contribution in [0.4, 0.5) is 11.4 Å². The fourth-order valence-corrected chi connectivity index (χ4v) is 4.00. The molecule has 2 aromatic carbocycles. The lowest BCUT2D eigenvalue weighted by Gasteiger charge is -2.32. The van der Waals surface area contributed by atoms with Crippen LogP contribution in [0.15, 0.2) is 54.2 Å². The van der Waals surface area contributed by atoms with Gasteiger partial charge in [-0.15, -0.1) is 0 Å². The molecular formula is C22H20ClN3O4. The molecule has 7 nitrogen and oxygen atoms in total. The Kier molecular flexibility index (Phi) is 5.30. The van der Waals surface area contributed by atoms with Crippen LogP contribution in [-0.2, 0) is 9.59 Å². The smallest absolute Gasteiger partial charge is 0.282 e. The van der Waals surface area contributed by atoms with Crippen molar-refractivity contribution in [2.24, 2.45) is 5.92 Å². The van der Waals surface area contributed by atoms with Crippen LogP contribution in [0.5, 0.6) is 0 Å². The van der Waals surface area contributed by atoms with Gasteiger partial charge in [0, 0.05) is 30.2 Å². The molecule has 0 spiro atoms. The molecule has 0 N–H and O–H groups in total. The number of benzene rings is 2. The normalized spacial score (nSPS) is 17.8. The van der Waals surface area contributed by atoms with E-state index < -0.39 is 10.8 Å². The number of carbonyl (C=O) groups is 2. The summed E-state index contributed by atoms with van der Waals surface area (Å²) < 4.78 is 0. The van der Waals surface area contributed by atoms with Crippen LogP contribution in [0.3, 0.4) is 0 Å². The predicted molar refractivity (Wildman–Crippen MR) is 114 cm³/mol. The first kappa shape index (κ1) is 20.1. The summed E-state index contributed by atoms with van der Waals surface area (Å²) in [6, 6.07) is 12.3. The largest absolute Gasteiger partial charge is 0.366 e. The molecule has 2 aliphatic rings. The van der Waals surface area contributed by atoms with E-state index in [0.717, 1.165) is 17.7 Å². The zero-order chi connectivity index (χ0) is 21.4. The molecule has 2 aromatic rings. The van der Waals surface area contributed by atoms with Crippen molar-refractivity contribution < 1.29 is 14.5 Å². The second-order valence-electron chi connectivity index (χ2n) is 7.62. The first-order chi connectivity index (χ1) is 14.4. The molecule has 8 heteroatoms. The van der Waals surface area contributed by atoms with Crippen molar-refractivity contribution in [3.05, 3.63) is 74.9 Å². The summed E-state index contributed by atoms with van der Waals surface area (Å²) in [5.41, 5.74) is 1.49. The molecule has 154 valence electrons. The Hall–Kier alpha value is -3.19. The molecule has 2 aliphatic heterocycles. The zero-order valence-electron chi connectivity index (χ0n) is 16.4. The van der Waals surface area contributed by atoms with Crippen molar-refractivity contribution in [3.8, 4) is 0 Å². The highest BCUT2D eigenvalue weighted by Crippen LogP contribution is 2.37. The van der Waals surface area contributed by atoms with E-state index in [0.29, 0.717) is 41.0 Å². The van der Waals surface area contributed by atoms with E-state index in [-0.39, 0.29) is 17.2 Å². The van der Waals surface area contributed by atoms with Gasteiger partial charge in [0.1, 0.15) is 5.70 Å². The number of imide groups is 1. The van der Waals surface area contributed by atoms with Gasteiger partial charge in [0.25, 0.3) is 17.5 Å². The van der Waals surface area contributed by atoms with Gasteiger partial charge in [-0.25, -0.2) is 4.90 Å². The first-order valence-electron chi connectivity index (χ1n) is 9.75. The van der Waals surface area contributed by atoms with Crippen LogP contribution < -0.4 is 4.90 Å². The number of piperidine rings is 1. The van der Waals surface area contributed by atoms with Gasteiger partial charge in [0.05, 0.1) is 16.2 Å². The lowest BCUT2D eigenvalue weighted by atomic mass is 9.97. The monoisotopic (exact) mass is 425 g/mol. The zero-order valence-corrected chi connectivity index (χ0v) is 17.1. The summed E-state index contributed by atoms with van der Waals surface area (Å²) in [5.74, 6) is -0.265. The van der Waals surface area contributed by atoms with Crippen molar-refractivity contribution >= 4 is 40.4 Å². The van der Waals surface area contributed by atoms with Crippen LogP contribution in [0.1, 0.15) is 25.3 Å². The number of hydrogen-bond acceptors (Lipinski definition) is 5.